The Bertz CT molecular complexity index is 353. The molecule has 1 heterocycles. The Morgan fingerprint density at radius 2 is 2.31 bits per heavy atom. The van der Waals surface area contributed by atoms with Crippen molar-refractivity contribution in [3.05, 3.63) is 23.8 Å². The molecule has 0 aliphatic carbocycles. The number of allylic oxidation sites excluding steroid dienone is 2. The average Bonchev–Trinajstić information content (AvgIpc) is 2.56. The summed E-state index contributed by atoms with van der Waals surface area (Å²) in [4.78, 5) is 11.3. The SMILES string of the molecule is C/C=C/C#CCCCCC1=C[C@H](C)OC1=O. The molecule has 0 unspecified atom stereocenters. The van der Waals surface area contributed by atoms with Gasteiger partial charge in [-0.05, 0) is 45.3 Å². The fourth-order valence-corrected chi connectivity index (χ4v) is 1.56. The molecule has 1 aliphatic rings. The van der Waals surface area contributed by atoms with Crippen LogP contribution in [0.15, 0.2) is 23.8 Å². The molecule has 16 heavy (non-hydrogen) atoms. The summed E-state index contributed by atoms with van der Waals surface area (Å²) in [5.41, 5.74) is 0.828. The number of hydrogen-bond acceptors (Lipinski definition) is 2. The quantitative estimate of drug-likeness (QED) is 0.412. The molecular weight excluding hydrogens is 200 g/mol. The maximum Gasteiger partial charge on any atom is 0.334 e. The maximum atomic E-state index is 11.3. The first-order valence-corrected chi connectivity index (χ1v) is 5.75. The highest BCUT2D eigenvalue weighted by atomic mass is 16.5. The summed E-state index contributed by atoms with van der Waals surface area (Å²) in [6.07, 6.45) is 9.37. The van der Waals surface area contributed by atoms with Crippen molar-refractivity contribution >= 4 is 5.97 Å². The van der Waals surface area contributed by atoms with E-state index in [0.29, 0.717) is 0 Å². The van der Waals surface area contributed by atoms with Gasteiger partial charge in [-0.2, -0.15) is 0 Å². The molecule has 86 valence electrons. The van der Waals surface area contributed by atoms with Crippen LogP contribution in [0.25, 0.3) is 0 Å². The highest BCUT2D eigenvalue weighted by Gasteiger charge is 2.20. The van der Waals surface area contributed by atoms with Gasteiger partial charge in [0, 0.05) is 12.0 Å². The largest absolute Gasteiger partial charge is 0.455 e. The van der Waals surface area contributed by atoms with E-state index in [0.717, 1.165) is 31.3 Å². The molecule has 0 aromatic carbocycles. The monoisotopic (exact) mass is 218 g/mol. The fourth-order valence-electron chi connectivity index (χ4n) is 1.56. The zero-order valence-corrected chi connectivity index (χ0v) is 9.95. The fraction of sp³-hybridized carbons (Fsp3) is 0.500. The first-order chi connectivity index (χ1) is 7.74. The smallest absolute Gasteiger partial charge is 0.334 e. The summed E-state index contributed by atoms with van der Waals surface area (Å²) >= 11 is 0. The lowest BCUT2D eigenvalue weighted by Gasteiger charge is -1.98. The predicted octanol–water partition coefficient (Wildman–Crippen LogP) is 3.00. The highest BCUT2D eigenvalue weighted by molar-refractivity contribution is 5.90. The van der Waals surface area contributed by atoms with Crippen LogP contribution in [0.1, 0.15) is 39.5 Å². The summed E-state index contributed by atoms with van der Waals surface area (Å²) in [7, 11) is 0. The van der Waals surface area contributed by atoms with Crippen molar-refractivity contribution in [1.29, 1.82) is 0 Å². The van der Waals surface area contributed by atoms with E-state index in [4.69, 9.17) is 4.74 Å². The Hall–Kier alpha value is -1.49. The zero-order chi connectivity index (χ0) is 11.8. The van der Waals surface area contributed by atoms with Gasteiger partial charge in [-0.3, -0.25) is 0 Å². The number of hydrogen-bond donors (Lipinski definition) is 0. The third kappa shape index (κ3) is 4.35. The van der Waals surface area contributed by atoms with E-state index in [-0.39, 0.29) is 12.1 Å². The molecule has 1 rings (SSSR count). The van der Waals surface area contributed by atoms with Gasteiger partial charge in [-0.15, -0.1) is 0 Å². The van der Waals surface area contributed by atoms with Crippen LogP contribution in [-0.2, 0) is 9.53 Å². The maximum absolute atomic E-state index is 11.3. The van der Waals surface area contributed by atoms with Crippen LogP contribution >= 0.6 is 0 Å². The van der Waals surface area contributed by atoms with Crippen LogP contribution in [0.3, 0.4) is 0 Å². The zero-order valence-electron chi connectivity index (χ0n) is 9.95. The molecular formula is C14H18O2. The Labute approximate surface area is 97.4 Å². The van der Waals surface area contributed by atoms with E-state index in [1.807, 2.05) is 32.1 Å². The van der Waals surface area contributed by atoms with E-state index in [1.54, 1.807) is 0 Å². The van der Waals surface area contributed by atoms with Crippen molar-refractivity contribution in [3.8, 4) is 11.8 Å². The molecule has 0 N–H and O–H groups in total. The van der Waals surface area contributed by atoms with Gasteiger partial charge >= 0.3 is 5.97 Å². The minimum Gasteiger partial charge on any atom is -0.455 e. The van der Waals surface area contributed by atoms with Gasteiger partial charge in [0.1, 0.15) is 6.10 Å². The number of carbonyl (C=O) groups excluding carboxylic acids is 1. The van der Waals surface area contributed by atoms with Gasteiger partial charge < -0.3 is 4.74 Å². The minimum atomic E-state index is -0.146. The number of carbonyl (C=O) groups is 1. The number of esters is 1. The summed E-state index contributed by atoms with van der Waals surface area (Å²) in [6, 6.07) is 0. The van der Waals surface area contributed by atoms with Gasteiger partial charge in [-0.25, -0.2) is 4.79 Å². The Morgan fingerprint density at radius 1 is 1.50 bits per heavy atom. The van der Waals surface area contributed by atoms with E-state index in [2.05, 4.69) is 11.8 Å². The van der Waals surface area contributed by atoms with Gasteiger partial charge in [0.15, 0.2) is 0 Å². The molecule has 0 bridgehead atoms. The van der Waals surface area contributed by atoms with Crippen LogP contribution in [0, 0.1) is 11.8 Å². The molecule has 0 aromatic rings. The second-order valence-electron chi connectivity index (χ2n) is 3.83. The predicted molar refractivity (Wildman–Crippen MR) is 64.7 cm³/mol. The molecule has 0 spiro atoms. The molecule has 0 radical (unpaired) electrons. The van der Waals surface area contributed by atoms with E-state index in [9.17, 15) is 4.79 Å². The molecule has 0 saturated heterocycles. The highest BCUT2D eigenvalue weighted by Crippen LogP contribution is 2.18. The van der Waals surface area contributed by atoms with Crippen molar-refractivity contribution < 1.29 is 9.53 Å². The van der Waals surface area contributed by atoms with Gasteiger partial charge in [0.2, 0.25) is 0 Å². The number of unbranched alkanes of at least 4 members (excludes halogenated alkanes) is 2. The van der Waals surface area contributed by atoms with Crippen molar-refractivity contribution in [3.63, 3.8) is 0 Å². The van der Waals surface area contributed by atoms with Crippen LogP contribution < -0.4 is 0 Å². The Morgan fingerprint density at radius 3 is 2.94 bits per heavy atom. The van der Waals surface area contributed by atoms with Crippen LogP contribution in [-0.4, -0.2) is 12.1 Å². The lowest BCUT2D eigenvalue weighted by atomic mass is 10.1. The number of rotatable bonds is 4. The van der Waals surface area contributed by atoms with Crippen LogP contribution in [0.2, 0.25) is 0 Å². The van der Waals surface area contributed by atoms with E-state index < -0.39 is 0 Å². The molecule has 2 nitrogen and oxygen atoms in total. The molecule has 2 heteroatoms. The van der Waals surface area contributed by atoms with Crippen molar-refractivity contribution in [2.24, 2.45) is 0 Å². The van der Waals surface area contributed by atoms with Gasteiger partial charge in [0.05, 0.1) is 0 Å². The molecule has 0 saturated carbocycles. The summed E-state index contributed by atoms with van der Waals surface area (Å²) in [6.45, 7) is 3.83. The van der Waals surface area contributed by atoms with Crippen LogP contribution in [0.5, 0.6) is 0 Å². The minimum absolute atomic E-state index is 0.0445. The average molecular weight is 218 g/mol. The standard InChI is InChI=1S/C14H18O2/c1-3-4-5-6-7-8-9-10-13-11-12(2)16-14(13)15/h3-4,11-12H,7-10H2,1-2H3/b4-3+/t12-/m0/s1. The summed E-state index contributed by atoms with van der Waals surface area (Å²) < 4.78 is 5.02. The molecule has 0 fully saturated rings. The van der Waals surface area contributed by atoms with E-state index >= 15 is 0 Å². The molecule has 1 atom stereocenters. The summed E-state index contributed by atoms with van der Waals surface area (Å²) in [5, 5.41) is 0. The van der Waals surface area contributed by atoms with Crippen molar-refractivity contribution in [2.75, 3.05) is 0 Å². The van der Waals surface area contributed by atoms with Gasteiger partial charge in [0.25, 0.3) is 0 Å². The second-order valence-corrected chi connectivity index (χ2v) is 3.83. The number of ether oxygens (including phenoxy) is 1. The van der Waals surface area contributed by atoms with Crippen molar-refractivity contribution in [2.45, 2.75) is 45.6 Å². The van der Waals surface area contributed by atoms with E-state index in [1.165, 1.54) is 0 Å². The molecule has 0 amide bonds. The normalized spacial score (nSPS) is 19.2. The Balaban J connectivity index is 2.15. The van der Waals surface area contributed by atoms with Gasteiger partial charge in [-0.1, -0.05) is 17.9 Å². The van der Waals surface area contributed by atoms with Crippen molar-refractivity contribution in [1.82, 2.24) is 0 Å². The Kier molecular flexibility index (Phi) is 5.42. The molecule has 1 aliphatic heterocycles. The first-order valence-electron chi connectivity index (χ1n) is 5.75. The van der Waals surface area contributed by atoms with Crippen LogP contribution in [0.4, 0.5) is 0 Å². The third-order valence-corrected chi connectivity index (χ3v) is 2.34. The summed E-state index contributed by atoms with van der Waals surface area (Å²) in [5.74, 6) is 5.86. The number of cyclic esters (lactones) is 1. The topological polar surface area (TPSA) is 26.3 Å². The third-order valence-electron chi connectivity index (χ3n) is 2.34. The lowest BCUT2D eigenvalue weighted by Crippen LogP contribution is -2.03. The lowest BCUT2D eigenvalue weighted by molar-refractivity contribution is -0.139. The first kappa shape index (κ1) is 12.6. The second kappa shape index (κ2) is 6.90. The molecule has 0 aromatic heterocycles.